The van der Waals surface area contributed by atoms with E-state index in [4.69, 9.17) is 4.74 Å². The maximum Gasteiger partial charge on any atom is 0.410 e. The summed E-state index contributed by atoms with van der Waals surface area (Å²) in [5.74, 6) is 0.672. The van der Waals surface area contributed by atoms with E-state index in [-0.39, 0.29) is 17.8 Å². The third-order valence-corrected chi connectivity index (χ3v) is 3.52. The van der Waals surface area contributed by atoms with Crippen molar-refractivity contribution >= 4 is 17.6 Å². The van der Waals surface area contributed by atoms with Gasteiger partial charge >= 0.3 is 6.09 Å². The van der Waals surface area contributed by atoms with Gasteiger partial charge in [-0.2, -0.15) is 0 Å². The van der Waals surface area contributed by atoms with Gasteiger partial charge in [0.15, 0.2) is 0 Å². The molecule has 0 N–H and O–H groups in total. The highest BCUT2D eigenvalue weighted by atomic mass is 16.6. The van der Waals surface area contributed by atoms with Crippen LogP contribution in [-0.4, -0.2) is 52.2 Å². The zero-order valence-electron chi connectivity index (χ0n) is 13.9. The van der Waals surface area contributed by atoms with Gasteiger partial charge in [-0.05, 0) is 33.8 Å². The summed E-state index contributed by atoms with van der Waals surface area (Å²) in [5, 5.41) is 10.7. The van der Waals surface area contributed by atoms with E-state index in [0.717, 1.165) is 0 Å². The van der Waals surface area contributed by atoms with Crippen LogP contribution in [0.15, 0.2) is 18.3 Å². The summed E-state index contributed by atoms with van der Waals surface area (Å²) in [6.45, 7) is 9.19. The number of aromatic nitrogens is 1. The number of hydrogen-bond acceptors (Lipinski definition) is 6. The molecule has 1 aromatic rings. The minimum Gasteiger partial charge on any atom is -0.444 e. The first kappa shape index (κ1) is 17.0. The number of hydrogen-bond donors (Lipinski definition) is 0. The second-order valence-electron chi connectivity index (χ2n) is 6.60. The number of pyridine rings is 1. The monoisotopic (exact) mass is 322 g/mol. The lowest BCUT2D eigenvalue weighted by molar-refractivity contribution is -0.385. The number of carbonyl (C=O) groups is 1. The Morgan fingerprint density at radius 1 is 1.39 bits per heavy atom. The van der Waals surface area contributed by atoms with Crippen LogP contribution < -0.4 is 4.90 Å². The Labute approximate surface area is 135 Å². The van der Waals surface area contributed by atoms with Crippen LogP contribution in [-0.2, 0) is 4.74 Å². The lowest BCUT2D eigenvalue weighted by Gasteiger charge is -2.40. The molecule has 23 heavy (non-hydrogen) atoms. The van der Waals surface area contributed by atoms with Gasteiger partial charge in [0.05, 0.1) is 4.92 Å². The summed E-state index contributed by atoms with van der Waals surface area (Å²) in [4.78, 5) is 30.2. The van der Waals surface area contributed by atoms with Crippen LogP contribution in [0.3, 0.4) is 0 Å². The molecule has 0 bridgehead atoms. The summed E-state index contributed by atoms with van der Waals surface area (Å²) < 4.78 is 5.41. The van der Waals surface area contributed by atoms with Gasteiger partial charge in [0.1, 0.15) is 17.6 Å². The predicted molar refractivity (Wildman–Crippen MR) is 85.5 cm³/mol. The molecule has 0 radical (unpaired) electrons. The van der Waals surface area contributed by atoms with Gasteiger partial charge < -0.3 is 14.5 Å². The van der Waals surface area contributed by atoms with Gasteiger partial charge in [-0.25, -0.2) is 9.78 Å². The van der Waals surface area contributed by atoms with E-state index in [1.54, 1.807) is 11.0 Å². The number of piperazine rings is 1. The highest BCUT2D eigenvalue weighted by Gasteiger charge is 2.31. The number of ether oxygens (including phenoxy) is 1. The van der Waals surface area contributed by atoms with E-state index in [2.05, 4.69) is 4.98 Å². The molecule has 126 valence electrons. The molecule has 8 nitrogen and oxygen atoms in total. The second kappa shape index (κ2) is 6.39. The number of nitro groups is 1. The third-order valence-electron chi connectivity index (χ3n) is 3.52. The molecule has 2 rings (SSSR count). The zero-order valence-corrected chi connectivity index (χ0v) is 13.9. The molecule has 1 aromatic heterocycles. The van der Waals surface area contributed by atoms with E-state index < -0.39 is 10.5 Å². The zero-order chi connectivity index (χ0) is 17.2. The summed E-state index contributed by atoms with van der Waals surface area (Å²) in [5.41, 5.74) is -0.553. The predicted octanol–water partition coefficient (Wildman–Crippen LogP) is 2.44. The van der Waals surface area contributed by atoms with Crippen LogP contribution in [0.4, 0.5) is 16.3 Å². The Kier molecular flexibility index (Phi) is 4.72. The molecule has 0 saturated carbocycles. The second-order valence-corrected chi connectivity index (χ2v) is 6.60. The SMILES string of the molecule is C[C@H]1CN(c2ccc([N+](=O)[O-])cn2)CCN1C(=O)OC(C)(C)C. The molecule has 1 fully saturated rings. The molecule has 1 saturated heterocycles. The topological polar surface area (TPSA) is 88.8 Å². The first-order valence-electron chi connectivity index (χ1n) is 7.52. The fraction of sp³-hybridized carbons (Fsp3) is 0.600. The van der Waals surface area contributed by atoms with Crippen LogP contribution in [0.5, 0.6) is 0 Å². The van der Waals surface area contributed by atoms with E-state index >= 15 is 0 Å². The minimum atomic E-state index is -0.520. The molecule has 0 aromatic carbocycles. The minimum absolute atomic E-state index is 0.0319. The Bertz CT molecular complexity index is 582. The fourth-order valence-corrected chi connectivity index (χ4v) is 2.43. The van der Waals surface area contributed by atoms with Crippen molar-refractivity contribution in [2.75, 3.05) is 24.5 Å². The highest BCUT2D eigenvalue weighted by Crippen LogP contribution is 2.21. The van der Waals surface area contributed by atoms with E-state index in [0.29, 0.717) is 25.5 Å². The normalized spacial score (nSPS) is 18.7. The van der Waals surface area contributed by atoms with Crippen LogP contribution in [0.1, 0.15) is 27.7 Å². The van der Waals surface area contributed by atoms with Gasteiger partial charge in [0, 0.05) is 31.7 Å². The van der Waals surface area contributed by atoms with Crippen molar-refractivity contribution in [3.05, 3.63) is 28.4 Å². The van der Waals surface area contributed by atoms with E-state index in [1.165, 1.54) is 12.3 Å². The average molecular weight is 322 g/mol. The maximum atomic E-state index is 12.2. The quantitative estimate of drug-likeness (QED) is 0.614. The molecule has 1 aliphatic rings. The number of amides is 1. The number of carbonyl (C=O) groups excluding carboxylic acids is 1. The Balaban J connectivity index is 2.00. The summed E-state index contributed by atoms with van der Waals surface area (Å²) in [7, 11) is 0. The van der Waals surface area contributed by atoms with Gasteiger partial charge in [-0.15, -0.1) is 0 Å². The van der Waals surface area contributed by atoms with Crippen LogP contribution in [0.2, 0.25) is 0 Å². The molecular weight excluding hydrogens is 300 g/mol. The summed E-state index contributed by atoms with van der Waals surface area (Å²) in [6.07, 6.45) is 0.932. The Morgan fingerprint density at radius 3 is 2.57 bits per heavy atom. The van der Waals surface area contributed by atoms with E-state index in [1.807, 2.05) is 32.6 Å². The van der Waals surface area contributed by atoms with E-state index in [9.17, 15) is 14.9 Å². The average Bonchev–Trinajstić information content (AvgIpc) is 2.45. The lowest BCUT2D eigenvalue weighted by Crippen LogP contribution is -2.55. The number of anilines is 1. The number of nitrogens with zero attached hydrogens (tertiary/aromatic N) is 4. The van der Waals surface area contributed by atoms with Crippen LogP contribution in [0, 0.1) is 10.1 Å². The fourth-order valence-electron chi connectivity index (χ4n) is 2.43. The molecule has 0 spiro atoms. The van der Waals surface area contributed by atoms with Crippen molar-refractivity contribution in [3.63, 3.8) is 0 Å². The van der Waals surface area contributed by atoms with Gasteiger partial charge in [-0.3, -0.25) is 10.1 Å². The Hall–Kier alpha value is -2.38. The molecule has 1 amide bonds. The molecule has 0 aliphatic carbocycles. The first-order chi connectivity index (χ1) is 10.7. The van der Waals surface area contributed by atoms with Crippen molar-refractivity contribution < 1.29 is 14.5 Å². The van der Waals surface area contributed by atoms with Crippen molar-refractivity contribution in [3.8, 4) is 0 Å². The summed E-state index contributed by atoms with van der Waals surface area (Å²) >= 11 is 0. The molecule has 1 atom stereocenters. The third kappa shape index (κ3) is 4.30. The lowest BCUT2D eigenvalue weighted by atomic mass is 10.2. The molecule has 8 heteroatoms. The summed E-state index contributed by atoms with van der Waals surface area (Å²) in [6, 6.07) is 3.04. The van der Waals surface area contributed by atoms with Crippen molar-refractivity contribution in [2.24, 2.45) is 0 Å². The van der Waals surface area contributed by atoms with Crippen molar-refractivity contribution in [2.45, 2.75) is 39.3 Å². The molecule has 2 heterocycles. The largest absolute Gasteiger partial charge is 0.444 e. The molecular formula is C15H22N4O4. The highest BCUT2D eigenvalue weighted by molar-refractivity contribution is 5.69. The van der Waals surface area contributed by atoms with Crippen LogP contribution in [0.25, 0.3) is 0 Å². The van der Waals surface area contributed by atoms with Gasteiger partial charge in [-0.1, -0.05) is 0 Å². The smallest absolute Gasteiger partial charge is 0.410 e. The van der Waals surface area contributed by atoms with Crippen LogP contribution >= 0.6 is 0 Å². The van der Waals surface area contributed by atoms with Gasteiger partial charge in [0.2, 0.25) is 0 Å². The number of rotatable bonds is 2. The first-order valence-corrected chi connectivity index (χ1v) is 7.52. The molecule has 1 aliphatic heterocycles. The van der Waals surface area contributed by atoms with Crippen molar-refractivity contribution in [1.29, 1.82) is 0 Å². The molecule has 0 unspecified atom stereocenters. The standard InChI is InChI=1S/C15H22N4O4/c1-11-10-17(13-6-5-12(9-16-13)19(21)22)7-8-18(11)14(20)23-15(2,3)4/h5-6,9,11H,7-8,10H2,1-4H3/t11-/m0/s1. The van der Waals surface area contributed by atoms with Gasteiger partial charge in [0.25, 0.3) is 5.69 Å². The maximum absolute atomic E-state index is 12.2. The van der Waals surface area contributed by atoms with Crippen molar-refractivity contribution in [1.82, 2.24) is 9.88 Å². The Morgan fingerprint density at radius 2 is 2.09 bits per heavy atom.